The van der Waals surface area contributed by atoms with Crippen LogP contribution in [0.3, 0.4) is 0 Å². The minimum absolute atomic E-state index is 0.0126. The van der Waals surface area contributed by atoms with Crippen molar-refractivity contribution < 1.29 is 19.4 Å². The number of carboxylic acids is 1. The maximum Gasteiger partial charge on any atom is 0.317 e. The summed E-state index contributed by atoms with van der Waals surface area (Å²) in [4.78, 5) is 23.7. The molecule has 2 amide bonds. The molecule has 2 unspecified atom stereocenters. The summed E-state index contributed by atoms with van der Waals surface area (Å²) >= 11 is 0. The molecule has 1 aliphatic rings. The van der Waals surface area contributed by atoms with Crippen LogP contribution in [-0.2, 0) is 9.53 Å². The number of nitrogens with one attached hydrogen (secondary N) is 1. The summed E-state index contributed by atoms with van der Waals surface area (Å²) in [5, 5.41) is 11.0. The number of urea groups is 1. The Bertz CT molecular complexity index is 270. The molecule has 0 spiro atoms. The van der Waals surface area contributed by atoms with Crippen LogP contribution >= 0.6 is 0 Å². The lowest BCUT2D eigenvalue weighted by Crippen LogP contribution is -2.54. The van der Waals surface area contributed by atoms with Gasteiger partial charge in [0.1, 0.15) is 0 Å². The Labute approximate surface area is 94.6 Å². The lowest BCUT2D eigenvalue weighted by molar-refractivity contribution is -0.136. The second kappa shape index (κ2) is 5.69. The van der Waals surface area contributed by atoms with E-state index in [9.17, 15) is 9.59 Å². The summed E-state index contributed by atoms with van der Waals surface area (Å²) in [6, 6.07) is -0.206. The maximum atomic E-state index is 11.7. The molecule has 1 fully saturated rings. The monoisotopic (exact) mass is 230 g/mol. The molecule has 0 aromatic rings. The average Bonchev–Trinajstić information content (AvgIpc) is 2.21. The molecule has 1 rings (SSSR count). The van der Waals surface area contributed by atoms with Gasteiger partial charge in [-0.2, -0.15) is 0 Å². The number of hydrogen-bond donors (Lipinski definition) is 2. The number of carbonyl (C=O) groups is 2. The van der Waals surface area contributed by atoms with E-state index in [4.69, 9.17) is 9.84 Å². The third kappa shape index (κ3) is 3.37. The van der Waals surface area contributed by atoms with Crippen LogP contribution in [0, 0.1) is 0 Å². The smallest absolute Gasteiger partial charge is 0.317 e. The largest absolute Gasteiger partial charge is 0.481 e. The van der Waals surface area contributed by atoms with Crippen molar-refractivity contribution in [2.45, 2.75) is 32.4 Å². The minimum Gasteiger partial charge on any atom is -0.481 e. The Morgan fingerprint density at radius 2 is 2.19 bits per heavy atom. The zero-order valence-electron chi connectivity index (χ0n) is 9.60. The molecule has 0 aromatic carbocycles. The normalized spacial score (nSPS) is 25.2. The predicted molar refractivity (Wildman–Crippen MR) is 57.2 cm³/mol. The van der Waals surface area contributed by atoms with Gasteiger partial charge in [-0.15, -0.1) is 0 Å². The lowest BCUT2D eigenvalue weighted by atomic mass is 10.1. The summed E-state index contributed by atoms with van der Waals surface area (Å²) < 4.78 is 5.40. The number of amides is 2. The molecule has 0 radical (unpaired) electrons. The quantitative estimate of drug-likeness (QED) is 0.730. The number of nitrogens with zero attached hydrogens (tertiary/aromatic N) is 1. The van der Waals surface area contributed by atoms with Crippen molar-refractivity contribution in [2.24, 2.45) is 0 Å². The first-order valence-corrected chi connectivity index (χ1v) is 5.40. The van der Waals surface area contributed by atoms with Crippen LogP contribution in [0.4, 0.5) is 4.79 Å². The van der Waals surface area contributed by atoms with Gasteiger partial charge in [-0.25, -0.2) is 4.79 Å². The van der Waals surface area contributed by atoms with Gasteiger partial charge in [-0.3, -0.25) is 4.79 Å². The third-order valence-corrected chi connectivity index (χ3v) is 2.76. The zero-order chi connectivity index (χ0) is 12.1. The predicted octanol–water partition coefficient (Wildman–Crippen LogP) is 0.280. The number of carboxylic acid groups (broad SMARTS) is 1. The van der Waals surface area contributed by atoms with Crippen molar-refractivity contribution in [1.82, 2.24) is 10.2 Å². The molecule has 6 heteroatoms. The first kappa shape index (κ1) is 12.8. The van der Waals surface area contributed by atoms with Crippen LogP contribution < -0.4 is 5.32 Å². The highest BCUT2D eigenvalue weighted by molar-refractivity contribution is 5.75. The van der Waals surface area contributed by atoms with Gasteiger partial charge in [-0.05, 0) is 13.8 Å². The fraction of sp³-hybridized carbons (Fsp3) is 0.800. The molecule has 0 aromatic heterocycles. The van der Waals surface area contributed by atoms with Crippen LogP contribution in [0.1, 0.15) is 20.3 Å². The van der Waals surface area contributed by atoms with Crippen LogP contribution in [0.5, 0.6) is 0 Å². The van der Waals surface area contributed by atoms with E-state index < -0.39 is 5.97 Å². The molecule has 1 saturated heterocycles. The number of hydrogen-bond acceptors (Lipinski definition) is 3. The second-order valence-corrected chi connectivity index (χ2v) is 3.89. The molecule has 0 bridgehead atoms. The highest BCUT2D eigenvalue weighted by atomic mass is 16.5. The third-order valence-electron chi connectivity index (χ3n) is 2.76. The van der Waals surface area contributed by atoms with Gasteiger partial charge in [0.2, 0.25) is 0 Å². The molecular weight excluding hydrogens is 212 g/mol. The van der Waals surface area contributed by atoms with E-state index in [1.807, 2.05) is 13.8 Å². The molecule has 2 atom stereocenters. The molecule has 16 heavy (non-hydrogen) atoms. The van der Waals surface area contributed by atoms with Crippen LogP contribution in [-0.4, -0.2) is 53.8 Å². The van der Waals surface area contributed by atoms with E-state index in [2.05, 4.69) is 5.32 Å². The van der Waals surface area contributed by atoms with E-state index in [1.165, 1.54) is 0 Å². The second-order valence-electron chi connectivity index (χ2n) is 3.89. The van der Waals surface area contributed by atoms with Crippen molar-refractivity contribution in [1.29, 1.82) is 0 Å². The molecule has 6 nitrogen and oxygen atoms in total. The Kier molecular flexibility index (Phi) is 4.54. The van der Waals surface area contributed by atoms with E-state index in [-0.39, 0.29) is 31.1 Å². The summed E-state index contributed by atoms with van der Waals surface area (Å²) in [5.41, 5.74) is 0. The van der Waals surface area contributed by atoms with Gasteiger partial charge in [0.25, 0.3) is 0 Å². The summed E-state index contributed by atoms with van der Waals surface area (Å²) in [7, 11) is 0. The molecule has 92 valence electrons. The Morgan fingerprint density at radius 3 is 2.81 bits per heavy atom. The number of rotatable bonds is 3. The number of aliphatic carboxylic acids is 1. The summed E-state index contributed by atoms with van der Waals surface area (Å²) in [5.74, 6) is -0.913. The van der Waals surface area contributed by atoms with Gasteiger partial charge in [-0.1, -0.05) is 0 Å². The molecule has 2 N–H and O–H groups in total. The van der Waals surface area contributed by atoms with Gasteiger partial charge in [0.05, 0.1) is 25.2 Å². The molecule has 0 aliphatic carbocycles. The summed E-state index contributed by atoms with van der Waals surface area (Å²) in [6.45, 7) is 5.07. The van der Waals surface area contributed by atoms with Gasteiger partial charge >= 0.3 is 12.0 Å². The highest BCUT2D eigenvalue weighted by Gasteiger charge is 2.28. The standard InChI is InChI=1S/C10H18N2O4/c1-7-8(2)16-6-5-12(7)10(15)11-4-3-9(13)14/h7-8H,3-6H2,1-2H3,(H,11,15)(H,13,14). The van der Waals surface area contributed by atoms with Crippen molar-refractivity contribution >= 4 is 12.0 Å². The van der Waals surface area contributed by atoms with Gasteiger partial charge in [0, 0.05) is 13.1 Å². The first-order chi connectivity index (χ1) is 7.52. The fourth-order valence-corrected chi connectivity index (χ4v) is 1.60. The van der Waals surface area contributed by atoms with Gasteiger partial charge < -0.3 is 20.1 Å². The molecule has 1 aliphatic heterocycles. The van der Waals surface area contributed by atoms with Crippen molar-refractivity contribution in [3.8, 4) is 0 Å². The van der Waals surface area contributed by atoms with Gasteiger partial charge in [0.15, 0.2) is 0 Å². The number of morpholine rings is 1. The van der Waals surface area contributed by atoms with Crippen molar-refractivity contribution in [2.75, 3.05) is 19.7 Å². The maximum absolute atomic E-state index is 11.7. The van der Waals surface area contributed by atoms with E-state index >= 15 is 0 Å². The Morgan fingerprint density at radius 1 is 1.50 bits per heavy atom. The molecular formula is C10H18N2O4. The first-order valence-electron chi connectivity index (χ1n) is 5.40. The summed E-state index contributed by atoms with van der Waals surface area (Å²) in [6.07, 6.45) is -0.0426. The highest BCUT2D eigenvalue weighted by Crippen LogP contribution is 2.13. The molecule has 1 heterocycles. The van der Waals surface area contributed by atoms with E-state index in [0.717, 1.165) is 0 Å². The average molecular weight is 230 g/mol. The Hall–Kier alpha value is -1.30. The van der Waals surface area contributed by atoms with E-state index in [1.54, 1.807) is 4.90 Å². The SMILES string of the molecule is CC1OCCN(C(=O)NCCC(=O)O)C1C. The Balaban J connectivity index is 2.37. The van der Waals surface area contributed by atoms with Crippen molar-refractivity contribution in [3.63, 3.8) is 0 Å². The van der Waals surface area contributed by atoms with Crippen LogP contribution in [0.25, 0.3) is 0 Å². The minimum atomic E-state index is -0.913. The number of ether oxygens (including phenoxy) is 1. The van der Waals surface area contributed by atoms with Crippen LogP contribution in [0.15, 0.2) is 0 Å². The van der Waals surface area contributed by atoms with Crippen LogP contribution in [0.2, 0.25) is 0 Å². The zero-order valence-corrected chi connectivity index (χ0v) is 9.60. The topological polar surface area (TPSA) is 78.9 Å². The van der Waals surface area contributed by atoms with E-state index in [0.29, 0.717) is 13.2 Å². The molecule has 0 saturated carbocycles. The lowest BCUT2D eigenvalue weighted by Gasteiger charge is -2.37. The van der Waals surface area contributed by atoms with Crippen molar-refractivity contribution in [3.05, 3.63) is 0 Å². The number of carbonyl (C=O) groups excluding carboxylic acids is 1. The fourth-order valence-electron chi connectivity index (χ4n) is 1.60.